The fourth-order valence-corrected chi connectivity index (χ4v) is 3.86. The van der Waals surface area contributed by atoms with Crippen molar-refractivity contribution in [1.82, 2.24) is 15.1 Å². The van der Waals surface area contributed by atoms with E-state index in [0.29, 0.717) is 35.7 Å². The molecule has 1 amide bonds. The van der Waals surface area contributed by atoms with E-state index in [-0.39, 0.29) is 11.8 Å². The molecule has 0 bridgehead atoms. The number of carboxylic acid groups (broad SMARTS) is 1. The van der Waals surface area contributed by atoms with Crippen molar-refractivity contribution >= 4 is 11.9 Å². The minimum absolute atomic E-state index is 0.00146. The molecule has 29 heavy (non-hydrogen) atoms. The predicted octanol–water partition coefficient (Wildman–Crippen LogP) is 3.41. The average Bonchev–Trinajstić information content (AvgIpc) is 3.43. The van der Waals surface area contributed by atoms with E-state index in [4.69, 9.17) is 4.74 Å². The van der Waals surface area contributed by atoms with Crippen LogP contribution in [0.5, 0.6) is 5.75 Å². The Labute approximate surface area is 167 Å². The third-order valence-electron chi connectivity index (χ3n) is 5.33. The SMILES string of the molecule is COc1cccc(-c2[nH]ncc2C(=O)N2CC[C@H](c3ccccc3C(=O)O)C2)c1. The molecule has 2 N–H and O–H groups in total. The number of ether oxygens (including phenoxy) is 1. The fourth-order valence-electron chi connectivity index (χ4n) is 3.86. The molecule has 0 unspecified atom stereocenters. The van der Waals surface area contributed by atoms with Crippen LogP contribution >= 0.6 is 0 Å². The van der Waals surface area contributed by atoms with E-state index in [1.165, 1.54) is 6.20 Å². The normalized spacial score (nSPS) is 16.0. The number of aromatic amines is 1. The second-order valence-corrected chi connectivity index (χ2v) is 7.02. The van der Waals surface area contributed by atoms with E-state index < -0.39 is 5.97 Å². The number of aromatic carboxylic acids is 1. The summed E-state index contributed by atoms with van der Waals surface area (Å²) in [6, 6.07) is 14.4. The van der Waals surface area contributed by atoms with Crippen LogP contribution in [-0.2, 0) is 0 Å². The highest BCUT2D eigenvalue weighted by molar-refractivity contribution is 6.00. The quantitative estimate of drug-likeness (QED) is 0.695. The van der Waals surface area contributed by atoms with Crippen LogP contribution in [0.2, 0.25) is 0 Å². The molecule has 1 saturated heterocycles. The van der Waals surface area contributed by atoms with Crippen molar-refractivity contribution in [3.05, 3.63) is 71.4 Å². The summed E-state index contributed by atoms with van der Waals surface area (Å²) < 4.78 is 5.27. The number of carbonyl (C=O) groups is 2. The summed E-state index contributed by atoms with van der Waals surface area (Å²) in [4.78, 5) is 26.5. The Kier molecular flexibility index (Phi) is 5.03. The van der Waals surface area contributed by atoms with Gasteiger partial charge in [-0.2, -0.15) is 5.10 Å². The number of rotatable bonds is 5. The van der Waals surface area contributed by atoms with Crippen molar-refractivity contribution < 1.29 is 19.4 Å². The Bertz CT molecular complexity index is 1060. The molecule has 7 heteroatoms. The lowest BCUT2D eigenvalue weighted by molar-refractivity contribution is 0.0695. The molecule has 1 aliphatic heterocycles. The van der Waals surface area contributed by atoms with Crippen LogP contribution in [0.25, 0.3) is 11.3 Å². The fraction of sp³-hybridized carbons (Fsp3) is 0.227. The van der Waals surface area contributed by atoms with Crippen LogP contribution in [0.15, 0.2) is 54.7 Å². The van der Waals surface area contributed by atoms with Crippen LogP contribution < -0.4 is 4.74 Å². The molecule has 4 rings (SSSR count). The van der Waals surface area contributed by atoms with Gasteiger partial charge in [-0.15, -0.1) is 0 Å². The highest BCUT2D eigenvalue weighted by atomic mass is 16.5. The summed E-state index contributed by atoms with van der Waals surface area (Å²) in [5.74, 6) is -0.368. The number of methoxy groups -OCH3 is 1. The summed E-state index contributed by atoms with van der Waals surface area (Å²) in [5, 5.41) is 16.4. The first kappa shape index (κ1) is 18.7. The minimum Gasteiger partial charge on any atom is -0.497 e. The van der Waals surface area contributed by atoms with Crippen LogP contribution in [0, 0.1) is 0 Å². The van der Waals surface area contributed by atoms with Crippen molar-refractivity contribution in [1.29, 1.82) is 0 Å². The molecule has 1 fully saturated rings. The lowest BCUT2D eigenvalue weighted by atomic mass is 9.93. The molecule has 2 heterocycles. The lowest BCUT2D eigenvalue weighted by Gasteiger charge is -2.17. The molecule has 0 spiro atoms. The number of nitrogens with zero attached hydrogens (tertiary/aromatic N) is 2. The Balaban J connectivity index is 1.57. The molecule has 1 aromatic heterocycles. The van der Waals surface area contributed by atoms with E-state index in [9.17, 15) is 14.7 Å². The number of amides is 1. The monoisotopic (exact) mass is 391 g/mol. The zero-order valence-electron chi connectivity index (χ0n) is 16.0. The number of benzene rings is 2. The van der Waals surface area contributed by atoms with Gasteiger partial charge in [0, 0.05) is 24.6 Å². The largest absolute Gasteiger partial charge is 0.497 e. The summed E-state index contributed by atoms with van der Waals surface area (Å²) in [6.45, 7) is 1.05. The van der Waals surface area contributed by atoms with E-state index in [0.717, 1.165) is 17.5 Å². The van der Waals surface area contributed by atoms with Crippen molar-refractivity contribution in [2.45, 2.75) is 12.3 Å². The number of carbonyl (C=O) groups excluding carboxylic acids is 1. The molecule has 0 saturated carbocycles. The van der Waals surface area contributed by atoms with E-state index in [2.05, 4.69) is 10.2 Å². The van der Waals surface area contributed by atoms with Crippen molar-refractivity contribution in [2.75, 3.05) is 20.2 Å². The van der Waals surface area contributed by atoms with Crippen LogP contribution in [0.3, 0.4) is 0 Å². The molecule has 0 aliphatic carbocycles. The molecule has 148 valence electrons. The van der Waals surface area contributed by atoms with Gasteiger partial charge in [-0.25, -0.2) is 4.79 Å². The Morgan fingerprint density at radius 2 is 2.00 bits per heavy atom. The van der Waals surface area contributed by atoms with Gasteiger partial charge in [-0.3, -0.25) is 9.89 Å². The summed E-state index contributed by atoms with van der Waals surface area (Å²) in [7, 11) is 1.59. The van der Waals surface area contributed by atoms with Gasteiger partial charge in [0.2, 0.25) is 0 Å². The third kappa shape index (κ3) is 3.59. The summed E-state index contributed by atoms with van der Waals surface area (Å²) in [6.07, 6.45) is 2.26. The number of hydrogen-bond acceptors (Lipinski definition) is 4. The van der Waals surface area contributed by atoms with Crippen LogP contribution in [0.4, 0.5) is 0 Å². The first-order valence-corrected chi connectivity index (χ1v) is 9.37. The van der Waals surface area contributed by atoms with Gasteiger partial charge in [0.15, 0.2) is 0 Å². The zero-order chi connectivity index (χ0) is 20.4. The highest BCUT2D eigenvalue weighted by Crippen LogP contribution is 2.32. The Morgan fingerprint density at radius 1 is 1.17 bits per heavy atom. The maximum atomic E-state index is 13.2. The second-order valence-electron chi connectivity index (χ2n) is 7.02. The maximum absolute atomic E-state index is 13.2. The molecule has 1 atom stereocenters. The third-order valence-corrected chi connectivity index (χ3v) is 5.33. The van der Waals surface area contributed by atoms with Gasteiger partial charge < -0.3 is 14.7 Å². The Morgan fingerprint density at radius 3 is 2.79 bits per heavy atom. The number of aromatic nitrogens is 2. The lowest BCUT2D eigenvalue weighted by Crippen LogP contribution is -2.28. The molecular formula is C22H21N3O4. The standard InChI is InChI=1S/C22H21N3O4/c1-29-16-6-4-5-14(11-16)20-19(12-23-24-20)21(26)25-10-9-15(13-25)17-7-2-3-8-18(17)22(27)28/h2-8,11-12,15H,9-10,13H2,1H3,(H,23,24)(H,27,28)/t15-/m0/s1. The molecule has 7 nitrogen and oxygen atoms in total. The van der Waals surface area contributed by atoms with Gasteiger partial charge in [-0.1, -0.05) is 30.3 Å². The number of carboxylic acids is 1. The first-order chi connectivity index (χ1) is 14.1. The Hall–Kier alpha value is -3.61. The minimum atomic E-state index is -0.944. The summed E-state index contributed by atoms with van der Waals surface area (Å²) >= 11 is 0. The molecule has 1 aliphatic rings. The number of hydrogen-bond donors (Lipinski definition) is 2. The van der Waals surface area contributed by atoms with Gasteiger partial charge >= 0.3 is 5.97 Å². The first-order valence-electron chi connectivity index (χ1n) is 9.37. The van der Waals surface area contributed by atoms with Crippen LogP contribution in [0.1, 0.15) is 38.6 Å². The number of H-pyrrole nitrogens is 1. The molecule has 3 aromatic rings. The second kappa shape index (κ2) is 7.79. The van der Waals surface area contributed by atoms with Gasteiger partial charge in [0.25, 0.3) is 5.91 Å². The topological polar surface area (TPSA) is 95.5 Å². The van der Waals surface area contributed by atoms with Gasteiger partial charge in [-0.05, 0) is 30.2 Å². The van der Waals surface area contributed by atoms with Gasteiger partial charge in [0.1, 0.15) is 5.75 Å². The van der Waals surface area contributed by atoms with Crippen LogP contribution in [-0.4, -0.2) is 52.3 Å². The maximum Gasteiger partial charge on any atom is 0.335 e. The van der Waals surface area contributed by atoms with Crippen molar-refractivity contribution in [3.8, 4) is 17.0 Å². The van der Waals surface area contributed by atoms with E-state index >= 15 is 0 Å². The number of nitrogens with one attached hydrogen (secondary N) is 1. The smallest absolute Gasteiger partial charge is 0.335 e. The predicted molar refractivity (Wildman–Crippen MR) is 107 cm³/mol. The van der Waals surface area contributed by atoms with Gasteiger partial charge in [0.05, 0.1) is 30.1 Å². The zero-order valence-corrected chi connectivity index (χ0v) is 16.0. The van der Waals surface area contributed by atoms with E-state index in [1.54, 1.807) is 24.1 Å². The summed E-state index contributed by atoms with van der Waals surface area (Å²) in [5.41, 5.74) is 3.02. The highest BCUT2D eigenvalue weighted by Gasteiger charge is 2.31. The molecule has 0 radical (unpaired) electrons. The average molecular weight is 391 g/mol. The number of likely N-dealkylation sites (tertiary alicyclic amines) is 1. The van der Waals surface area contributed by atoms with Crippen molar-refractivity contribution in [2.24, 2.45) is 0 Å². The molecular weight excluding hydrogens is 370 g/mol. The van der Waals surface area contributed by atoms with Crippen molar-refractivity contribution in [3.63, 3.8) is 0 Å². The molecule has 2 aromatic carbocycles. The van der Waals surface area contributed by atoms with E-state index in [1.807, 2.05) is 36.4 Å².